The molecule has 0 aromatic carbocycles. The first-order valence-electron chi connectivity index (χ1n) is 21.4. The van der Waals surface area contributed by atoms with E-state index in [1.54, 1.807) is 0 Å². The molecule has 0 bridgehead atoms. The zero-order valence-electron chi connectivity index (χ0n) is 35.0. The molecule has 0 fully saturated rings. The second kappa shape index (κ2) is 28.5. The average Bonchev–Trinajstić information content (AvgIpc) is 3.01. The quantitative estimate of drug-likeness (QED) is 0.0491. The van der Waals surface area contributed by atoms with Crippen LogP contribution < -0.4 is 0 Å². The molecule has 0 amide bonds. The summed E-state index contributed by atoms with van der Waals surface area (Å²) in [6.07, 6.45) is 23.3. The summed E-state index contributed by atoms with van der Waals surface area (Å²) in [6.45, 7) is 22.6. The van der Waals surface area contributed by atoms with Crippen molar-refractivity contribution in [2.24, 2.45) is 47.3 Å². The predicted molar refractivity (Wildman–Crippen MR) is 215 cm³/mol. The van der Waals surface area contributed by atoms with Gasteiger partial charge in [0.1, 0.15) is 11.7 Å². The maximum Gasteiger partial charge on any atom is 0.470 e. The Bertz CT molecular complexity index is 780. The molecule has 0 saturated heterocycles. The molecule has 0 aliphatic heterocycles. The lowest BCUT2D eigenvalue weighted by Gasteiger charge is -2.38. The van der Waals surface area contributed by atoms with Crippen LogP contribution in [0, 0.1) is 47.3 Å². The minimum Gasteiger partial charge on any atom is -0.394 e. The number of hydrogen-bond donors (Lipinski definition) is 4. The van der Waals surface area contributed by atoms with E-state index in [0.29, 0.717) is 49.4 Å². The van der Waals surface area contributed by atoms with E-state index in [9.17, 15) is 24.6 Å². The third-order valence-corrected chi connectivity index (χ3v) is 12.3. The SMILES string of the molecule is CC(C)CCCC(C)CCCC(C)CCCC(C)CCC(CCC(C)CCCC(C)CCCC(C)CCCC(C)C)(OP(=O)(O)O)C(O)CO. The Morgan fingerprint density at radius 3 is 0.920 bits per heavy atom. The lowest BCUT2D eigenvalue weighted by Crippen LogP contribution is -2.47. The molecule has 0 aliphatic rings. The van der Waals surface area contributed by atoms with E-state index < -0.39 is 26.1 Å². The van der Waals surface area contributed by atoms with Gasteiger partial charge in [-0.2, -0.15) is 0 Å². The maximum absolute atomic E-state index is 12.1. The molecule has 0 heterocycles. The average molecular weight is 733 g/mol. The van der Waals surface area contributed by atoms with Gasteiger partial charge in [-0.25, -0.2) is 4.57 Å². The van der Waals surface area contributed by atoms with Gasteiger partial charge < -0.3 is 20.0 Å². The van der Waals surface area contributed by atoms with Gasteiger partial charge in [0, 0.05) is 0 Å². The van der Waals surface area contributed by atoms with Gasteiger partial charge in [-0.05, 0) is 73.0 Å². The van der Waals surface area contributed by atoms with Crippen LogP contribution >= 0.6 is 7.82 Å². The summed E-state index contributed by atoms with van der Waals surface area (Å²) in [5.41, 5.74) is -1.45. The van der Waals surface area contributed by atoms with Crippen LogP contribution in [-0.4, -0.2) is 38.3 Å². The highest BCUT2D eigenvalue weighted by Gasteiger charge is 2.44. The third-order valence-electron chi connectivity index (χ3n) is 11.7. The van der Waals surface area contributed by atoms with Crippen LogP contribution in [0.4, 0.5) is 0 Å². The van der Waals surface area contributed by atoms with E-state index in [-0.39, 0.29) is 0 Å². The summed E-state index contributed by atoms with van der Waals surface area (Å²) in [6, 6.07) is 0. The molecule has 4 N–H and O–H groups in total. The Balaban J connectivity index is 4.73. The van der Waals surface area contributed by atoms with Crippen LogP contribution in [0.5, 0.6) is 0 Å². The van der Waals surface area contributed by atoms with Crippen LogP contribution in [0.15, 0.2) is 0 Å². The Hall–Kier alpha value is 0.0300. The highest BCUT2D eigenvalue weighted by atomic mass is 31.2. The van der Waals surface area contributed by atoms with Crippen molar-refractivity contribution in [1.29, 1.82) is 0 Å². The fourth-order valence-electron chi connectivity index (χ4n) is 7.87. The topological polar surface area (TPSA) is 107 Å². The first kappa shape index (κ1) is 50.0. The normalized spacial score (nSPS) is 18.2. The zero-order valence-corrected chi connectivity index (χ0v) is 35.9. The van der Waals surface area contributed by atoms with E-state index in [4.69, 9.17) is 4.52 Å². The van der Waals surface area contributed by atoms with Gasteiger partial charge in [-0.15, -0.1) is 0 Å². The number of aliphatic hydroxyl groups excluding tert-OH is 2. The summed E-state index contributed by atoms with van der Waals surface area (Å²) in [5.74, 6) is 5.33. The van der Waals surface area contributed by atoms with Gasteiger partial charge in [0.15, 0.2) is 0 Å². The molecule has 6 nitrogen and oxygen atoms in total. The molecule has 7 atom stereocenters. The smallest absolute Gasteiger partial charge is 0.394 e. The fraction of sp³-hybridized carbons (Fsp3) is 1.00. The zero-order chi connectivity index (χ0) is 38.2. The highest BCUT2D eigenvalue weighted by molar-refractivity contribution is 7.46. The Kier molecular flexibility index (Phi) is 28.5. The van der Waals surface area contributed by atoms with Gasteiger partial charge in [0.25, 0.3) is 0 Å². The minimum absolute atomic E-state index is 0.324. The molecule has 302 valence electrons. The summed E-state index contributed by atoms with van der Waals surface area (Å²) in [7, 11) is -4.87. The van der Waals surface area contributed by atoms with Gasteiger partial charge in [-0.1, -0.05) is 185 Å². The third kappa shape index (κ3) is 27.6. The van der Waals surface area contributed by atoms with Crippen LogP contribution in [0.25, 0.3) is 0 Å². The minimum atomic E-state index is -4.87. The molecular weight excluding hydrogens is 643 g/mol. The maximum atomic E-state index is 12.1. The number of rotatable bonds is 34. The molecule has 0 saturated carbocycles. The van der Waals surface area contributed by atoms with E-state index in [2.05, 4.69) is 69.2 Å². The Morgan fingerprint density at radius 1 is 0.460 bits per heavy atom. The summed E-state index contributed by atoms with van der Waals surface area (Å²) >= 11 is 0. The van der Waals surface area contributed by atoms with Crippen LogP contribution in [0.3, 0.4) is 0 Å². The molecule has 0 rings (SSSR count). The number of hydrogen-bond acceptors (Lipinski definition) is 4. The molecule has 0 spiro atoms. The standard InChI is InChI=1S/C43H89O6P/c1-34(2)17-11-19-36(5)21-13-23-38(7)25-15-27-40(9)29-31-43(42(45)33-44,49-50(46,47)48)32-30-41(10)28-16-26-39(8)24-14-22-37(6)20-12-18-35(3)4/h34-42,44-45H,11-33H2,1-10H3,(H2,46,47,48). The molecule has 0 aromatic rings. The lowest BCUT2D eigenvalue weighted by atomic mass is 9.81. The van der Waals surface area contributed by atoms with Gasteiger partial charge in [-0.3, -0.25) is 4.52 Å². The van der Waals surface area contributed by atoms with Crippen LogP contribution in [-0.2, 0) is 9.09 Å². The molecular formula is C43H89O6P. The molecule has 0 radical (unpaired) electrons. The first-order chi connectivity index (χ1) is 23.4. The van der Waals surface area contributed by atoms with E-state index >= 15 is 0 Å². The molecule has 7 heteroatoms. The van der Waals surface area contributed by atoms with Crippen molar-refractivity contribution in [1.82, 2.24) is 0 Å². The van der Waals surface area contributed by atoms with Crippen molar-refractivity contribution in [3.8, 4) is 0 Å². The van der Waals surface area contributed by atoms with E-state index in [0.717, 1.165) is 49.4 Å². The molecule has 7 unspecified atom stereocenters. The van der Waals surface area contributed by atoms with Gasteiger partial charge >= 0.3 is 7.82 Å². The second-order valence-electron chi connectivity index (χ2n) is 18.4. The highest BCUT2D eigenvalue weighted by Crippen LogP contribution is 2.47. The van der Waals surface area contributed by atoms with Gasteiger partial charge in [0.2, 0.25) is 0 Å². The van der Waals surface area contributed by atoms with Crippen LogP contribution in [0.1, 0.15) is 210 Å². The summed E-state index contributed by atoms with van der Waals surface area (Å²) in [5, 5.41) is 20.9. The van der Waals surface area contributed by atoms with E-state index in [1.807, 2.05) is 0 Å². The summed E-state index contributed by atoms with van der Waals surface area (Å²) in [4.78, 5) is 19.7. The first-order valence-corrected chi connectivity index (χ1v) is 23.0. The van der Waals surface area contributed by atoms with Crippen molar-refractivity contribution in [3.05, 3.63) is 0 Å². The van der Waals surface area contributed by atoms with Crippen molar-refractivity contribution in [2.75, 3.05) is 6.61 Å². The Morgan fingerprint density at radius 2 is 0.700 bits per heavy atom. The van der Waals surface area contributed by atoms with Crippen molar-refractivity contribution < 1.29 is 29.1 Å². The van der Waals surface area contributed by atoms with E-state index in [1.165, 1.54) is 89.9 Å². The number of phosphoric acid groups is 1. The largest absolute Gasteiger partial charge is 0.470 e. The molecule has 50 heavy (non-hydrogen) atoms. The van der Waals surface area contributed by atoms with Crippen molar-refractivity contribution >= 4 is 7.82 Å². The van der Waals surface area contributed by atoms with Crippen molar-refractivity contribution in [2.45, 2.75) is 222 Å². The Labute approximate surface area is 312 Å². The summed E-state index contributed by atoms with van der Waals surface area (Å²) < 4.78 is 17.6. The van der Waals surface area contributed by atoms with Crippen LogP contribution in [0.2, 0.25) is 0 Å². The number of phosphoric ester groups is 1. The molecule has 0 aliphatic carbocycles. The van der Waals surface area contributed by atoms with Crippen molar-refractivity contribution in [3.63, 3.8) is 0 Å². The predicted octanol–water partition coefficient (Wildman–Crippen LogP) is 12.9. The monoisotopic (exact) mass is 733 g/mol. The second-order valence-corrected chi connectivity index (χ2v) is 19.6. The fourth-order valence-corrected chi connectivity index (χ4v) is 8.65. The lowest BCUT2D eigenvalue weighted by molar-refractivity contribution is -0.103. The number of aliphatic hydroxyl groups is 2. The molecule has 0 aromatic heterocycles. The van der Waals surface area contributed by atoms with Gasteiger partial charge in [0.05, 0.1) is 6.61 Å².